The van der Waals surface area contributed by atoms with Crippen LogP contribution in [0.15, 0.2) is 0 Å². The second-order valence-electron chi connectivity index (χ2n) is 9.49. The molecular formula is C26H44N2. The molecule has 0 aromatic heterocycles. The number of hydrogen-bond donors (Lipinski definition) is 2. The fourth-order valence-electron chi connectivity index (χ4n) is 5.90. The molecule has 2 aliphatic carbocycles. The molecule has 28 heavy (non-hydrogen) atoms. The van der Waals surface area contributed by atoms with E-state index in [0.717, 1.165) is 24.2 Å². The van der Waals surface area contributed by atoms with Crippen molar-refractivity contribution in [2.24, 2.45) is 0 Å². The van der Waals surface area contributed by atoms with Crippen LogP contribution >= 0.6 is 0 Å². The lowest BCUT2D eigenvalue weighted by atomic mass is 9.73. The van der Waals surface area contributed by atoms with Crippen LogP contribution in [0.5, 0.6) is 0 Å². The highest BCUT2D eigenvalue weighted by Crippen LogP contribution is 2.48. The van der Waals surface area contributed by atoms with Gasteiger partial charge in [-0.25, -0.2) is 0 Å². The molecule has 158 valence electrons. The summed E-state index contributed by atoms with van der Waals surface area (Å²) in [5.74, 6) is 1.28. The monoisotopic (exact) mass is 384 g/mol. The Morgan fingerprint density at radius 1 is 0.607 bits per heavy atom. The average molecular weight is 385 g/mol. The van der Waals surface area contributed by atoms with Gasteiger partial charge in [0.15, 0.2) is 0 Å². The normalized spacial score (nSPS) is 19.2. The zero-order chi connectivity index (χ0) is 19.9. The van der Waals surface area contributed by atoms with Crippen LogP contribution in [0.25, 0.3) is 0 Å². The second-order valence-corrected chi connectivity index (χ2v) is 9.49. The van der Waals surface area contributed by atoms with Crippen molar-refractivity contribution in [1.82, 2.24) is 0 Å². The van der Waals surface area contributed by atoms with E-state index in [9.17, 15) is 0 Å². The Bertz CT molecular complexity index is 587. The number of benzene rings is 1. The molecule has 0 spiro atoms. The predicted octanol–water partition coefficient (Wildman–Crippen LogP) is 7.63. The fourth-order valence-corrected chi connectivity index (χ4v) is 5.90. The average Bonchev–Trinajstić information content (AvgIpc) is 2.73. The van der Waals surface area contributed by atoms with E-state index in [-0.39, 0.29) is 0 Å². The van der Waals surface area contributed by atoms with Gasteiger partial charge < -0.3 is 11.5 Å². The van der Waals surface area contributed by atoms with Crippen LogP contribution < -0.4 is 11.5 Å². The SMILES string of the molecule is CCCCc1c(N)c(C2CCCCC2)c(N)c(CCCC)c1C1CCCCC1. The zero-order valence-electron chi connectivity index (χ0n) is 18.6. The van der Waals surface area contributed by atoms with E-state index < -0.39 is 0 Å². The molecule has 2 aliphatic rings. The lowest BCUT2D eigenvalue weighted by Gasteiger charge is -2.33. The molecule has 1 aromatic carbocycles. The molecular weight excluding hydrogens is 340 g/mol. The van der Waals surface area contributed by atoms with E-state index in [4.69, 9.17) is 11.5 Å². The number of nitrogen functional groups attached to an aromatic ring is 2. The molecule has 2 nitrogen and oxygen atoms in total. The van der Waals surface area contributed by atoms with Crippen LogP contribution in [0.4, 0.5) is 11.4 Å². The molecule has 0 aliphatic heterocycles. The molecule has 2 saturated carbocycles. The Kier molecular flexibility index (Phi) is 8.11. The summed E-state index contributed by atoms with van der Waals surface area (Å²) < 4.78 is 0. The van der Waals surface area contributed by atoms with Crippen LogP contribution in [0.2, 0.25) is 0 Å². The molecule has 3 rings (SSSR count). The van der Waals surface area contributed by atoms with Gasteiger partial charge in [0.05, 0.1) is 0 Å². The molecule has 1 aromatic rings. The maximum Gasteiger partial charge on any atom is 0.0405 e. The summed E-state index contributed by atoms with van der Waals surface area (Å²) in [5, 5.41) is 0. The largest absolute Gasteiger partial charge is 0.398 e. The first-order valence-electron chi connectivity index (χ1n) is 12.4. The third kappa shape index (κ3) is 4.69. The van der Waals surface area contributed by atoms with Crippen molar-refractivity contribution in [2.75, 3.05) is 11.5 Å². The van der Waals surface area contributed by atoms with E-state index >= 15 is 0 Å². The number of anilines is 2. The van der Waals surface area contributed by atoms with Gasteiger partial charge in [0.25, 0.3) is 0 Å². The number of unbranched alkanes of at least 4 members (excludes halogenated alkanes) is 2. The molecule has 0 radical (unpaired) electrons. The van der Waals surface area contributed by atoms with Gasteiger partial charge in [-0.15, -0.1) is 0 Å². The molecule has 0 saturated heterocycles. The summed E-state index contributed by atoms with van der Waals surface area (Å²) in [6.07, 6.45) is 20.6. The second kappa shape index (κ2) is 10.6. The van der Waals surface area contributed by atoms with E-state index in [0.29, 0.717) is 11.8 Å². The van der Waals surface area contributed by atoms with Crippen LogP contribution in [0.3, 0.4) is 0 Å². The maximum absolute atomic E-state index is 6.98. The van der Waals surface area contributed by atoms with Crippen LogP contribution in [-0.2, 0) is 12.8 Å². The molecule has 0 unspecified atom stereocenters. The van der Waals surface area contributed by atoms with Gasteiger partial charge in [-0.3, -0.25) is 0 Å². The van der Waals surface area contributed by atoms with Crippen molar-refractivity contribution in [2.45, 2.75) is 128 Å². The van der Waals surface area contributed by atoms with Crippen molar-refractivity contribution in [3.05, 3.63) is 22.3 Å². The molecule has 0 heterocycles. The predicted molar refractivity (Wildman–Crippen MR) is 124 cm³/mol. The van der Waals surface area contributed by atoms with Crippen molar-refractivity contribution >= 4 is 11.4 Å². The Morgan fingerprint density at radius 2 is 1.00 bits per heavy atom. The van der Waals surface area contributed by atoms with Gasteiger partial charge >= 0.3 is 0 Å². The summed E-state index contributed by atoms with van der Waals surface area (Å²) in [6, 6.07) is 0. The van der Waals surface area contributed by atoms with Gasteiger partial charge in [-0.05, 0) is 79.9 Å². The van der Waals surface area contributed by atoms with E-state index in [1.165, 1.54) is 107 Å². The lowest BCUT2D eigenvalue weighted by Crippen LogP contribution is -2.19. The lowest BCUT2D eigenvalue weighted by molar-refractivity contribution is 0.436. The Balaban J connectivity index is 2.13. The first kappa shape index (κ1) is 21.5. The standard InChI is InChI=1S/C26H44N2/c1-3-5-17-21-23(19-13-9-7-10-14-19)22(18-6-4-2)26(28)24(25(21)27)20-15-11-8-12-16-20/h19-20H,3-18,27-28H2,1-2H3. The Labute approximate surface area is 173 Å². The highest BCUT2D eigenvalue weighted by molar-refractivity contribution is 5.74. The molecule has 0 bridgehead atoms. The van der Waals surface area contributed by atoms with Gasteiger partial charge in [0.2, 0.25) is 0 Å². The zero-order valence-corrected chi connectivity index (χ0v) is 18.6. The third-order valence-electron chi connectivity index (χ3n) is 7.47. The van der Waals surface area contributed by atoms with Crippen molar-refractivity contribution in [3.63, 3.8) is 0 Å². The van der Waals surface area contributed by atoms with Crippen LogP contribution in [-0.4, -0.2) is 0 Å². The quantitative estimate of drug-likeness (QED) is 0.453. The van der Waals surface area contributed by atoms with Crippen molar-refractivity contribution in [3.8, 4) is 0 Å². The topological polar surface area (TPSA) is 52.0 Å². The summed E-state index contributed by atoms with van der Waals surface area (Å²) >= 11 is 0. The van der Waals surface area contributed by atoms with Gasteiger partial charge in [-0.1, -0.05) is 65.2 Å². The molecule has 2 fully saturated rings. The van der Waals surface area contributed by atoms with Crippen molar-refractivity contribution < 1.29 is 0 Å². The van der Waals surface area contributed by atoms with Crippen LogP contribution in [0.1, 0.15) is 138 Å². The molecule has 4 N–H and O–H groups in total. The number of nitrogens with two attached hydrogens (primary N) is 2. The maximum atomic E-state index is 6.98. The Hall–Kier alpha value is -1.18. The van der Waals surface area contributed by atoms with Gasteiger partial charge in [0, 0.05) is 16.9 Å². The highest BCUT2D eigenvalue weighted by Gasteiger charge is 2.30. The summed E-state index contributed by atoms with van der Waals surface area (Å²) in [4.78, 5) is 0. The number of rotatable bonds is 8. The third-order valence-corrected chi connectivity index (χ3v) is 7.47. The first-order valence-corrected chi connectivity index (χ1v) is 12.4. The minimum Gasteiger partial charge on any atom is -0.398 e. The minimum absolute atomic E-state index is 0.593. The molecule has 0 amide bonds. The molecule has 0 atom stereocenters. The molecule has 2 heteroatoms. The minimum atomic E-state index is 0.593. The highest BCUT2D eigenvalue weighted by atomic mass is 14.7. The summed E-state index contributed by atoms with van der Waals surface area (Å²) in [6.45, 7) is 4.60. The van der Waals surface area contributed by atoms with E-state index in [2.05, 4.69) is 13.8 Å². The number of hydrogen-bond acceptors (Lipinski definition) is 2. The van der Waals surface area contributed by atoms with E-state index in [1.807, 2.05) is 0 Å². The van der Waals surface area contributed by atoms with Gasteiger partial charge in [0.1, 0.15) is 0 Å². The summed E-state index contributed by atoms with van der Waals surface area (Å²) in [7, 11) is 0. The smallest absolute Gasteiger partial charge is 0.0405 e. The Morgan fingerprint density at radius 3 is 1.39 bits per heavy atom. The first-order chi connectivity index (χ1) is 13.7. The van der Waals surface area contributed by atoms with E-state index in [1.54, 1.807) is 5.56 Å². The van der Waals surface area contributed by atoms with Gasteiger partial charge in [-0.2, -0.15) is 0 Å². The summed E-state index contributed by atoms with van der Waals surface area (Å²) in [5.41, 5.74) is 22.1. The fraction of sp³-hybridized carbons (Fsp3) is 0.769. The van der Waals surface area contributed by atoms with Crippen LogP contribution in [0, 0.1) is 0 Å². The van der Waals surface area contributed by atoms with Crippen molar-refractivity contribution in [1.29, 1.82) is 0 Å².